The number of carbonyl (C=O) groups excluding carboxylic acids is 1. The van der Waals surface area contributed by atoms with Gasteiger partial charge in [-0.15, -0.1) is 0 Å². The van der Waals surface area contributed by atoms with Crippen LogP contribution in [0.25, 0.3) is 22.1 Å². The van der Waals surface area contributed by atoms with Crippen LogP contribution in [0.15, 0.2) is 53.1 Å². The molecule has 0 spiro atoms. The molecule has 28 heavy (non-hydrogen) atoms. The van der Waals surface area contributed by atoms with E-state index in [4.69, 9.17) is 4.52 Å². The molecule has 0 aliphatic carbocycles. The van der Waals surface area contributed by atoms with Crippen molar-refractivity contribution in [2.24, 2.45) is 11.8 Å². The summed E-state index contributed by atoms with van der Waals surface area (Å²) in [5.74, 6) is 1.69. The second kappa shape index (κ2) is 9.05. The predicted molar refractivity (Wildman–Crippen MR) is 114 cm³/mol. The molecule has 1 amide bonds. The van der Waals surface area contributed by atoms with E-state index in [2.05, 4.69) is 57.1 Å². The minimum absolute atomic E-state index is 0.0444. The van der Waals surface area contributed by atoms with Gasteiger partial charge in [-0.1, -0.05) is 69.2 Å². The third-order valence-electron chi connectivity index (χ3n) is 5.00. The largest absolute Gasteiger partial charge is 0.355 e. The predicted octanol–water partition coefficient (Wildman–Crippen LogP) is 6.03. The van der Waals surface area contributed by atoms with Crippen molar-refractivity contribution in [3.8, 4) is 11.3 Å². The van der Waals surface area contributed by atoms with E-state index in [9.17, 15) is 4.79 Å². The van der Waals surface area contributed by atoms with Crippen molar-refractivity contribution in [3.63, 3.8) is 0 Å². The van der Waals surface area contributed by atoms with Crippen LogP contribution in [0.2, 0.25) is 0 Å². The summed E-state index contributed by atoms with van der Waals surface area (Å²) < 4.78 is 5.52. The number of benzene rings is 2. The summed E-state index contributed by atoms with van der Waals surface area (Å²) in [6, 6.07) is 16.1. The van der Waals surface area contributed by atoms with E-state index < -0.39 is 0 Å². The lowest BCUT2D eigenvalue weighted by Crippen LogP contribution is -2.34. The van der Waals surface area contributed by atoms with Gasteiger partial charge in [0.05, 0.1) is 0 Å². The Balaban J connectivity index is 1.79. The topological polar surface area (TPSA) is 46.3 Å². The van der Waals surface area contributed by atoms with Crippen molar-refractivity contribution >= 4 is 16.7 Å². The second-order valence-corrected chi connectivity index (χ2v) is 8.30. The average molecular weight is 379 g/mol. The summed E-state index contributed by atoms with van der Waals surface area (Å²) in [5, 5.41) is 6.40. The molecule has 0 N–H and O–H groups in total. The maximum Gasteiger partial charge on any atom is 0.276 e. The van der Waals surface area contributed by atoms with Crippen LogP contribution < -0.4 is 0 Å². The van der Waals surface area contributed by atoms with Crippen LogP contribution in [-0.2, 0) is 0 Å². The number of hydrogen-bond donors (Lipinski definition) is 0. The van der Waals surface area contributed by atoms with Gasteiger partial charge >= 0.3 is 0 Å². The molecule has 0 aliphatic rings. The second-order valence-electron chi connectivity index (χ2n) is 8.30. The van der Waals surface area contributed by atoms with Crippen molar-refractivity contribution < 1.29 is 9.32 Å². The average Bonchev–Trinajstić information content (AvgIpc) is 3.17. The van der Waals surface area contributed by atoms with Crippen molar-refractivity contribution in [2.75, 3.05) is 13.1 Å². The number of aromatic nitrogens is 1. The summed E-state index contributed by atoms with van der Waals surface area (Å²) >= 11 is 0. The highest BCUT2D eigenvalue weighted by molar-refractivity contribution is 5.93. The first-order valence-corrected chi connectivity index (χ1v) is 10.2. The van der Waals surface area contributed by atoms with Crippen LogP contribution in [0.5, 0.6) is 0 Å². The van der Waals surface area contributed by atoms with Crippen LogP contribution in [0, 0.1) is 11.8 Å². The smallest absolute Gasteiger partial charge is 0.276 e. The number of nitrogens with zero attached hydrogens (tertiary/aromatic N) is 2. The quantitative estimate of drug-likeness (QED) is 0.481. The number of carbonyl (C=O) groups is 1. The molecule has 0 bridgehead atoms. The summed E-state index contributed by atoms with van der Waals surface area (Å²) in [7, 11) is 0. The zero-order valence-electron chi connectivity index (χ0n) is 17.3. The fourth-order valence-electron chi connectivity index (χ4n) is 3.16. The standard InChI is InChI=1S/C24H30N2O2/c1-17(2)11-13-26(14-12-18(3)4)24(27)22-16-23(28-25-22)21-10-9-19-7-5-6-8-20(19)15-21/h5-10,15-18H,11-14H2,1-4H3. The summed E-state index contributed by atoms with van der Waals surface area (Å²) in [5.41, 5.74) is 1.32. The van der Waals surface area contributed by atoms with E-state index in [1.807, 2.05) is 23.1 Å². The first kappa shape index (κ1) is 20.1. The Morgan fingerprint density at radius 1 is 0.929 bits per heavy atom. The Morgan fingerprint density at radius 2 is 1.57 bits per heavy atom. The molecule has 0 atom stereocenters. The van der Waals surface area contributed by atoms with Crippen molar-refractivity contribution in [1.29, 1.82) is 0 Å². The number of fused-ring (bicyclic) bond motifs is 1. The summed E-state index contributed by atoms with van der Waals surface area (Å²) in [6.45, 7) is 10.2. The Kier molecular flexibility index (Phi) is 6.50. The lowest BCUT2D eigenvalue weighted by Gasteiger charge is -2.23. The molecule has 3 aromatic rings. The van der Waals surface area contributed by atoms with Gasteiger partial charge < -0.3 is 9.42 Å². The Hall–Kier alpha value is -2.62. The lowest BCUT2D eigenvalue weighted by molar-refractivity contribution is 0.0730. The van der Waals surface area contributed by atoms with E-state index in [-0.39, 0.29) is 5.91 Å². The molecule has 0 radical (unpaired) electrons. The van der Waals surface area contributed by atoms with Crippen LogP contribution in [-0.4, -0.2) is 29.1 Å². The lowest BCUT2D eigenvalue weighted by atomic mass is 10.1. The van der Waals surface area contributed by atoms with Gasteiger partial charge in [-0.25, -0.2) is 0 Å². The van der Waals surface area contributed by atoms with E-state index >= 15 is 0 Å². The first-order valence-electron chi connectivity index (χ1n) is 10.2. The van der Waals surface area contributed by atoms with Crippen LogP contribution in [0.3, 0.4) is 0 Å². The third kappa shape index (κ3) is 5.00. The molecule has 1 aromatic heterocycles. The number of hydrogen-bond acceptors (Lipinski definition) is 3. The monoisotopic (exact) mass is 378 g/mol. The number of amides is 1. The zero-order chi connectivity index (χ0) is 20.1. The molecule has 3 rings (SSSR count). The number of rotatable bonds is 8. The molecular weight excluding hydrogens is 348 g/mol. The molecule has 0 saturated heterocycles. The van der Waals surface area contributed by atoms with Gasteiger partial charge in [-0.2, -0.15) is 0 Å². The van der Waals surface area contributed by atoms with Gasteiger partial charge in [-0.3, -0.25) is 4.79 Å². The Morgan fingerprint density at radius 3 is 2.21 bits per heavy atom. The highest BCUT2D eigenvalue weighted by atomic mass is 16.5. The fraction of sp³-hybridized carbons (Fsp3) is 0.417. The highest BCUT2D eigenvalue weighted by Crippen LogP contribution is 2.25. The van der Waals surface area contributed by atoms with Crippen LogP contribution >= 0.6 is 0 Å². The molecule has 4 heteroatoms. The van der Waals surface area contributed by atoms with Gasteiger partial charge in [-0.05, 0) is 41.5 Å². The molecule has 0 saturated carbocycles. The van der Waals surface area contributed by atoms with Crippen molar-refractivity contribution in [3.05, 3.63) is 54.2 Å². The fourth-order valence-corrected chi connectivity index (χ4v) is 3.16. The van der Waals surface area contributed by atoms with Gasteiger partial charge in [0.1, 0.15) is 0 Å². The molecule has 0 unspecified atom stereocenters. The molecule has 1 heterocycles. The Labute approximate surface area is 167 Å². The highest BCUT2D eigenvalue weighted by Gasteiger charge is 2.21. The summed E-state index contributed by atoms with van der Waals surface area (Å²) in [6.07, 6.45) is 1.97. The molecule has 2 aromatic carbocycles. The molecule has 0 aliphatic heterocycles. The van der Waals surface area contributed by atoms with Crippen LogP contribution in [0.4, 0.5) is 0 Å². The maximum atomic E-state index is 13.0. The van der Waals surface area contributed by atoms with E-state index in [1.165, 1.54) is 5.39 Å². The van der Waals surface area contributed by atoms with Crippen molar-refractivity contribution in [1.82, 2.24) is 10.1 Å². The SMILES string of the molecule is CC(C)CCN(CCC(C)C)C(=O)c1cc(-c2ccc3ccccc3c2)on1. The van der Waals surface area contributed by atoms with Crippen LogP contribution in [0.1, 0.15) is 51.0 Å². The third-order valence-corrected chi connectivity index (χ3v) is 5.00. The van der Waals surface area contributed by atoms with E-state index in [0.29, 0.717) is 23.3 Å². The molecule has 0 fully saturated rings. The minimum Gasteiger partial charge on any atom is -0.355 e. The normalized spacial score (nSPS) is 11.5. The van der Waals surface area contributed by atoms with Crippen molar-refractivity contribution in [2.45, 2.75) is 40.5 Å². The zero-order valence-corrected chi connectivity index (χ0v) is 17.3. The van der Waals surface area contributed by atoms with Gasteiger partial charge in [0, 0.05) is 24.7 Å². The van der Waals surface area contributed by atoms with E-state index in [1.54, 1.807) is 6.07 Å². The Bertz CT molecular complexity index is 915. The minimum atomic E-state index is -0.0444. The van der Waals surface area contributed by atoms with Gasteiger partial charge in [0.2, 0.25) is 0 Å². The molecule has 148 valence electrons. The van der Waals surface area contributed by atoms with Gasteiger partial charge in [0.25, 0.3) is 5.91 Å². The maximum absolute atomic E-state index is 13.0. The van der Waals surface area contributed by atoms with E-state index in [0.717, 1.165) is 36.9 Å². The first-order chi connectivity index (χ1) is 13.4. The molecular formula is C24H30N2O2. The molecule has 4 nitrogen and oxygen atoms in total. The summed E-state index contributed by atoms with van der Waals surface area (Å²) in [4.78, 5) is 14.9. The van der Waals surface area contributed by atoms with Gasteiger partial charge in [0.15, 0.2) is 11.5 Å².